The number of hydrogen-bond acceptors (Lipinski definition) is 1. The number of fused-ring (bicyclic) bond motifs is 1. The normalized spacial score (nSPS) is 13.6. The molecule has 1 amide bonds. The third-order valence-corrected chi connectivity index (χ3v) is 6.30. The molecule has 0 aliphatic heterocycles. The van der Waals surface area contributed by atoms with Crippen LogP contribution in [0.3, 0.4) is 0 Å². The summed E-state index contributed by atoms with van der Waals surface area (Å²) in [4.78, 5) is 16.4. The van der Waals surface area contributed by atoms with Crippen molar-refractivity contribution < 1.29 is 18.0 Å². The molecule has 0 radical (unpaired) electrons. The van der Waals surface area contributed by atoms with Crippen LogP contribution >= 0.6 is 0 Å². The molecule has 2 N–H and O–H groups in total. The molecule has 0 aliphatic carbocycles. The first-order valence-electron chi connectivity index (χ1n) is 11.4. The summed E-state index contributed by atoms with van der Waals surface area (Å²) in [5.41, 5.74) is 2.97. The molecule has 4 aromatic rings. The quantitative estimate of drug-likeness (QED) is 0.300. The highest BCUT2D eigenvalue weighted by molar-refractivity contribution is 5.88. The van der Waals surface area contributed by atoms with Crippen molar-refractivity contribution in [2.75, 3.05) is 0 Å². The Morgan fingerprint density at radius 1 is 0.941 bits per heavy atom. The molecule has 6 heteroatoms. The lowest BCUT2D eigenvalue weighted by Gasteiger charge is -2.23. The van der Waals surface area contributed by atoms with Gasteiger partial charge in [0.1, 0.15) is 0 Å². The molecule has 0 aliphatic rings. The molecule has 34 heavy (non-hydrogen) atoms. The average Bonchev–Trinajstić information content (AvgIpc) is 3.26. The lowest BCUT2D eigenvalue weighted by molar-refractivity contribution is -0.138. The lowest BCUT2D eigenvalue weighted by atomic mass is 9.84. The van der Waals surface area contributed by atoms with Crippen LogP contribution in [0.2, 0.25) is 0 Å². The number of halogens is 3. The van der Waals surface area contributed by atoms with E-state index in [4.69, 9.17) is 0 Å². The van der Waals surface area contributed by atoms with Gasteiger partial charge in [-0.2, -0.15) is 13.2 Å². The van der Waals surface area contributed by atoms with Crippen LogP contribution in [0.4, 0.5) is 13.2 Å². The predicted octanol–water partition coefficient (Wildman–Crippen LogP) is 7.15. The van der Waals surface area contributed by atoms with Crippen molar-refractivity contribution >= 4 is 16.8 Å². The summed E-state index contributed by atoms with van der Waals surface area (Å²) in [5, 5.41) is 3.79. The van der Waals surface area contributed by atoms with E-state index in [2.05, 4.69) is 10.3 Å². The number of H-pyrrole nitrogens is 1. The van der Waals surface area contributed by atoms with E-state index in [9.17, 15) is 18.0 Å². The Hall–Kier alpha value is -3.54. The summed E-state index contributed by atoms with van der Waals surface area (Å²) in [5.74, 6) is -1.07. The molecule has 0 saturated carbocycles. The zero-order chi connectivity index (χ0) is 24.3. The minimum Gasteiger partial charge on any atom is -0.361 e. The Morgan fingerprint density at radius 3 is 2.35 bits per heavy atom. The highest BCUT2D eigenvalue weighted by Crippen LogP contribution is 2.41. The molecule has 0 bridgehead atoms. The number of nitrogens with one attached hydrogen (secondary N) is 2. The van der Waals surface area contributed by atoms with E-state index in [1.807, 2.05) is 62.4 Å². The van der Waals surface area contributed by atoms with Crippen LogP contribution in [0.1, 0.15) is 60.0 Å². The number of para-hydroxylation sites is 1. The average molecular weight is 465 g/mol. The summed E-state index contributed by atoms with van der Waals surface area (Å²) >= 11 is 0. The maximum absolute atomic E-state index is 13.9. The van der Waals surface area contributed by atoms with Crippen molar-refractivity contribution in [3.05, 3.63) is 107 Å². The molecule has 3 nitrogen and oxygen atoms in total. The predicted molar refractivity (Wildman–Crippen MR) is 129 cm³/mol. The fraction of sp³-hybridized carbons (Fsp3) is 0.250. The summed E-state index contributed by atoms with van der Waals surface area (Å²) in [6, 6.07) is 20.6. The Labute approximate surface area is 197 Å². The first-order chi connectivity index (χ1) is 16.3. The largest absolute Gasteiger partial charge is 0.416 e. The number of alkyl halides is 3. The zero-order valence-electron chi connectivity index (χ0n) is 19.1. The Balaban J connectivity index is 1.75. The minimum atomic E-state index is -4.52. The molecule has 1 aromatic heterocycles. The van der Waals surface area contributed by atoms with Crippen molar-refractivity contribution in [1.82, 2.24) is 10.3 Å². The van der Waals surface area contributed by atoms with Gasteiger partial charge >= 0.3 is 6.18 Å². The van der Waals surface area contributed by atoms with Gasteiger partial charge in [-0.1, -0.05) is 73.7 Å². The van der Waals surface area contributed by atoms with Gasteiger partial charge in [-0.3, -0.25) is 4.79 Å². The van der Waals surface area contributed by atoms with Crippen LogP contribution in [0.15, 0.2) is 79.0 Å². The molecule has 1 heterocycles. The van der Waals surface area contributed by atoms with Gasteiger partial charge in [-0.05, 0) is 41.7 Å². The maximum Gasteiger partial charge on any atom is 0.416 e. The third-order valence-electron chi connectivity index (χ3n) is 6.30. The zero-order valence-corrected chi connectivity index (χ0v) is 19.1. The topological polar surface area (TPSA) is 44.9 Å². The van der Waals surface area contributed by atoms with Crippen molar-refractivity contribution in [3.8, 4) is 0 Å². The Morgan fingerprint density at radius 2 is 1.65 bits per heavy atom. The van der Waals surface area contributed by atoms with E-state index in [-0.39, 0.29) is 23.9 Å². The molecule has 0 saturated heterocycles. The minimum absolute atomic E-state index is 0.0975. The number of aromatic amines is 1. The van der Waals surface area contributed by atoms with Crippen molar-refractivity contribution in [3.63, 3.8) is 0 Å². The second-order valence-corrected chi connectivity index (χ2v) is 8.48. The maximum atomic E-state index is 13.9. The number of carbonyl (C=O) groups excluding carboxylic acids is 1. The van der Waals surface area contributed by atoms with E-state index >= 15 is 0 Å². The van der Waals surface area contributed by atoms with Gasteiger partial charge in [0.2, 0.25) is 5.91 Å². The van der Waals surface area contributed by atoms with Crippen LogP contribution in [0, 0.1) is 0 Å². The summed E-state index contributed by atoms with van der Waals surface area (Å²) in [7, 11) is 0. The summed E-state index contributed by atoms with van der Waals surface area (Å²) in [6.45, 7) is 3.90. The van der Waals surface area contributed by atoms with Crippen LogP contribution in [0.25, 0.3) is 10.9 Å². The number of benzene rings is 3. The SMILES string of the molecule is CCc1cccc2c([C@H](CC(=O)N[C@@H](C)c3ccccc3)c3ccccc3C(F)(F)F)c[nH]c12. The van der Waals surface area contributed by atoms with Crippen LogP contribution in [-0.4, -0.2) is 10.9 Å². The number of rotatable bonds is 7. The molecule has 176 valence electrons. The molecular weight excluding hydrogens is 437 g/mol. The van der Waals surface area contributed by atoms with Gasteiger partial charge in [-0.15, -0.1) is 0 Å². The Bertz CT molecular complexity index is 1280. The molecule has 0 spiro atoms. The molecule has 4 rings (SSSR count). The van der Waals surface area contributed by atoms with Gasteiger partial charge in [0, 0.05) is 29.4 Å². The third kappa shape index (κ3) is 4.86. The standard InChI is InChI=1S/C28H27F3N2O/c1-3-19-12-9-14-22-24(17-32-27(19)22)23(21-13-7-8-15-25(21)28(29,30)31)16-26(34)33-18(2)20-10-5-4-6-11-20/h4-15,17-18,23,32H,3,16H2,1-2H3,(H,33,34)/t18-,23+/m0/s1. The number of aromatic nitrogens is 1. The number of carbonyl (C=O) groups is 1. The first kappa shape index (κ1) is 23.6. The van der Waals surface area contributed by atoms with E-state index in [0.717, 1.165) is 34.5 Å². The molecule has 2 atom stereocenters. The number of hydrogen-bond donors (Lipinski definition) is 2. The summed E-state index contributed by atoms with van der Waals surface area (Å²) in [6.07, 6.45) is -2.09. The fourth-order valence-electron chi connectivity index (χ4n) is 4.58. The second kappa shape index (κ2) is 9.75. The van der Waals surface area contributed by atoms with Gasteiger partial charge in [-0.25, -0.2) is 0 Å². The van der Waals surface area contributed by atoms with Crippen LogP contribution in [0.5, 0.6) is 0 Å². The van der Waals surface area contributed by atoms with Gasteiger partial charge in [0.05, 0.1) is 11.6 Å². The first-order valence-corrected chi connectivity index (χ1v) is 11.4. The molecule has 0 fully saturated rings. The monoisotopic (exact) mass is 464 g/mol. The van der Waals surface area contributed by atoms with Crippen LogP contribution < -0.4 is 5.32 Å². The summed E-state index contributed by atoms with van der Waals surface area (Å²) < 4.78 is 41.8. The highest BCUT2D eigenvalue weighted by Gasteiger charge is 2.36. The van der Waals surface area contributed by atoms with E-state index < -0.39 is 17.7 Å². The smallest absolute Gasteiger partial charge is 0.361 e. The van der Waals surface area contributed by atoms with Crippen molar-refractivity contribution in [1.29, 1.82) is 0 Å². The molecule has 3 aromatic carbocycles. The van der Waals surface area contributed by atoms with Crippen molar-refractivity contribution in [2.45, 2.75) is 44.8 Å². The van der Waals surface area contributed by atoms with Crippen molar-refractivity contribution in [2.24, 2.45) is 0 Å². The lowest BCUT2D eigenvalue weighted by Crippen LogP contribution is -2.28. The number of amides is 1. The van der Waals surface area contributed by atoms with Gasteiger partial charge < -0.3 is 10.3 Å². The Kier molecular flexibility index (Phi) is 6.77. The highest BCUT2D eigenvalue weighted by atomic mass is 19.4. The molecular formula is C28H27F3N2O. The van der Waals surface area contributed by atoms with Gasteiger partial charge in [0.25, 0.3) is 0 Å². The van der Waals surface area contributed by atoms with E-state index in [1.54, 1.807) is 12.3 Å². The van der Waals surface area contributed by atoms with Crippen LogP contribution in [-0.2, 0) is 17.4 Å². The number of aryl methyl sites for hydroxylation is 1. The van der Waals surface area contributed by atoms with E-state index in [1.165, 1.54) is 12.1 Å². The van der Waals surface area contributed by atoms with Gasteiger partial charge in [0.15, 0.2) is 0 Å². The molecule has 0 unspecified atom stereocenters. The fourth-order valence-corrected chi connectivity index (χ4v) is 4.58. The van der Waals surface area contributed by atoms with E-state index in [0.29, 0.717) is 5.56 Å². The second-order valence-electron chi connectivity index (χ2n) is 8.48.